The molecule has 6 heteroatoms. The van der Waals surface area contributed by atoms with E-state index in [4.69, 9.17) is 0 Å². The Morgan fingerprint density at radius 1 is 0.821 bits per heavy atom. The summed E-state index contributed by atoms with van der Waals surface area (Å²) in [5.74, 6) is -2.10. The summed E-state index contributed by atoms with van der Waals surface area (Å²) in [6.07, 6.45) is 3.80. The van der Waals surface area contributed by atoms with Crippen molar-refractivity contribution in [1.29, 1.82) is 0 Å². The van der Waals surface area contributed by atoms with Crippen molar-refractivity contribution in [1.82, 2.24) is 0 Å². The van der Waals surface area contributed by atoms with Crippen LogP contribution in [0.5, 0.6) is 0 Å². The maximum atomic E-state index is 14.5. The van der Waals surface area contributed by atoms with E-state index in [0.29, 0.717) is 22.3 Å². The highest BCUT2D eigenvalue weighted by Gasteiger charge is 2.71. The Balaban J connectivity index is 1.55. The van der Waals surface area contributed by atoms with Crippen LogP contribution >= 0.6 is 15.9 Å². The molecule has 0 unspecified atom stereocenters. The van der Waals surface area contributed by atoms with Crippen molar-refractivity contribution in [3.8, 4) is 0 Å². The number of benzene rings is 4. The third-order valence-electron chi connectivity index (χ3n) is 8.32. The van der Waals surface area contributed by atoms with E-state index < -0.39 is 29.2 Å². The Morgan fingerprint density at radius 2 is 1.46 bits per heavy atom. The lowest BCUT2D eigenvalue weighted by atomic mass is 9.64. The molecule has 2 heterocycles. The Hall–Kier alpha value is -4.16. The third-order valence-corrected chi connectivity index (χ3v) is 8.82. The topological polar surface area (TPSA) is 54.5 Å². The molecule has 4 aromatic carbocycles. The fourth-order valence-corrected chi connectivity index (χ4v) is 7.14. The second kappa shape index (κ2) is 8.68. The van der Waals surface area contributed by atoms with Crippen LogP contribution in [0, 0.1) is 11.2 Å². The second-order valence-corrected chi connectivity index (χ2v) is 11.1. The van der Waals surface area contributed by atoms with Crippen LogP contribution in [-0.4, -0.2) is 29.4 Å². The first-order valence-electron chi connectivity index (χ1n) is 12.7. The van der Waals surface area contributed by atoms with Crippen LogP contribution in [0.1, 0.15) is 48.1 Å². The quantitative estimate of drug-likeness (QED) is 0.196. The molecule has 39 heavy (non-hydrogen) atoms. The maximum Gasteiger partial charge on any atom is 0.185 e. The fourth-order valence-electron chi connectivity index (χ4n) is 6.76. The molecule has 0 N–H and O–H groups in total. The molecule has 1 saturated heterocycles. The third kappa shape index (κ3) is 3.24. The van der Waals surface area contributed by atoms with Gasteiger partial charge in [0.2, 0.25) is 0 Å². The molecule has 1 spiro atoms. The van der Waals surface area contributed by atoms with Crippen molar-refractivity contribution in [2.45, 2.75) is 18.0 Å². The number of Topliss-reactive ketones (excluding diaryl/α,β-unsaturated/α-hetero) is 3. The molecule has 1 aliphatic carbocycles. The van der Waals surface area contributed by atoms with Gasteiger partial charge < -0.3 is 4.90 Å². The van der Waals surface area contributed by atoms with Gasteiger partial charge in [0, 0.05) is 32.8 Å². The van der Waals surface area contributed by atoms with Crippen molar-refractivity contribution in [2.24, 2.45) is 5.41 Å². The summed E-state index contributed by atoms with van der Waals surface area (Å²) in [6.45, 7) is 0. The fraction of sp³-hybridized carbons (Fsp3) is 0.121. The Kier molecular flexibility index (Phi) is 5.32. The van der Waals surface area contributed by atoms with E-state index in [-0.39, 0.29) is 17.3 Å². The molecule has 1 fully saturated rings. The smallest absolute Gasteiger partial charge is 0.185 e. The molecular weight excluding hydrogens is 557 g/mol. The average molecular weight is 578 g/mol. The zero-order valence-electron chi connectivity index (χ0n) is 20.6. The monoisotopic (exact) mass is 577 g/mol. The maximum absolute atomic E-state index is 14.5. The Labute approximate surface area is 232 Å². The summed E-state index contributed by atoms with van der Waals surface area (Å²) < 4.78 is 15.0. The van der Waals surface area contributed by atoms with Crippen LogP contribution in [0.2, 0.25) is 0 Å². The van der Waals surface area contributed by atoms with Gasteiger partial charge in [0.05, 0.1) is 6.04 Å². The minimum absolute atomic E-state index is 0.201. The summed E-state index contributed by atoms with van der Waals surface area (Å²) in [6, 6.07) is 25.8. The summed E-state index contributed by atoms with van der Waals surface area (Å²) in [5.41, 5.74) is 1.81. The number of ketones is 3. The number of anilines is 1. The van der Waals surface area contributed by atoms with Gasteiger partial charge in [0.15, 0.2) is 17.3 Å². The van der Waals surface area contributed by atoms with E-state index in [2.05, 4.69) is 15.9 Å². The van der Waals surface area contributed by atoms with E-state index >= 15 is 0 Å². The number of carbonyl (C=O) groups excluding carboxylic acids is 3. The summed E-state index contributed by atoms with van der Waals surface area (Å²) in [5, 5.41) is 0. The molecule has 190 valence electrons. The SMILES string of the molecule is O=C(c1ccccc1)[C@H]1[C@@H](c2ccc(F)cc2)C2(C(=O)c3ccccc3C2=O)[C@H]2C=Cc3cc(Br)ccc3N12. The molecule has 0 bridgehead atoms. The zero-order valence-corrected chi connectivity index (χ0v) is 22.1. The van der Waals surface area contributed by atoms with Crippen molar-refractivity contribution in [3.63, 3.8) is 0 Å². The van der Waals surface area contributed by atoms with Gasteiger partial charge in [-0.1, -0.05) is 94.8 Å². The van der Waals surface area contributed by atoms with E-state index in [1.54, 1.807) is 60.7 Å². The molecule has 4 nitrogen and oxygen atoms in total. The normalized spacial score (nSPS) is 22.1. The van der Waals surface area contributed by atoms with Gasteiger partial charge in [0.1, 0.15) is 17.3 Å². The van der Waals surface area contributed by atoms with Crippen molar-refractivity contribution < 1.29 is 18.8 Å². The van der Waals surface area contributed by atoms with Gasteiger partial charge in [-0.15, -0.1) is 0 Å². The second-order valence-electron chi connectivity index (χ2n) is 10.2. The number of halogens is 2. The lowest BCUT2D eigenvalue weighted by molar-refractivity contribution is 0.0666. The highest BCUT2D eigenvalue weighted by atomic mass is 79.9. The molecule has 0 aromatic heterocycles. The largest absolute Gasteiger partial charge is 0.352 e. The first-order valence-corrected chi connectivity index (χ1v) is 13.5. The number of carbonyl (C=O) groups is 3. The van der Waals surface area contributed by atoms with Crippen molar-refractivity contribution >= 4 is 45.0 Å². The standard InChI is InChI=1S/C33H21BrFNO3/c34-22-13-16-26-21(18-22)12-17-27-33(31(38)24-8-4-5-9-25(24)32(33)39)28(19-10-14-23(35)15-11-19)29(36(26)27)30(37)20-6-2-1-3-7-20/h1-18,27-29H/t27-,28-,29-/m1/s1. The zero-order chi connectivity index (χ0) is 26.9. The molecule has 3 aliphatic rings. The predicted octanol–water partition coefficient (Wildman–Crippen LogP) is 6.90. The number of hydrogen-bond acceptors (Lipinski definition) is 4. The van der Waals surface area contributed by atoms with Gasteiger partial charge in [0.25, 0.3) is 0 Å². The molecule has 4 aromatic rings. The van der Waals surface area contributed by atoms with E-state index in [0.717, 1.165) is 15.7 Å². The van der Waals surface area contributed by atoms with Gasteiger partial charge in [-0.05, 0) is 41.5 Å². The van der Waals surface area contributed by atoms with Crippen LogP contribution < -0.4 is 4.90 Å². The van der Waals surface area contributed by atoms with Gasteiger partial charge >= 0.3 is 0 Å². The van der Waals surface area contributed by atoms with Crippen LogP contribution in [0.4, 0.5) is 10.1 Å². The molecule has 0 saturated carbocycles. The number of fused-ring (bicyclic) bond motifs is 5. The van der Waals surface area contributed by atoms with E-state index in [1.165, 1.54) is 12.1 Å². The van der Waals surface area contributed by atoms with Gasteiger partial charge in [-0.25, -0.2) is 4.39 Å². The molecule has 2 aliphatic heterocycles. The Bertz CT molecular complexity index is 1680. The van der Waals surface area contributed by atoms with Gasteiger partial charge in [-0.3, -0.25) is 14.4 Å². The minimum Gasteiger partial charge on any atom is -0.352 e. The predicted molar refractivity (Wildman–Crippen MR) is 151 cm³/mol. The van der Waals surface area contributed by atoms with Crippen LogP contribution in [-0.2, 0) is 0 Å². The molecule has 0 radical (unpaired) electrons. The number of rotatable bonds is 3. The molecular formula is C33H21BrFNO3. The van der Waals surface area contributed by atoms with Crippen LogP contribution in [0.25, 0.3) is 6.08 Å². The van der Waals surface area contributed by atoms with Crippen molar-refractivity contribution in [3.05, 3.63) is 141 Å². The highest BCUT2D eigenvalue weighted by Crippen LogP contribution is 2.61. The first-order chi connectivity index (χ1) is 18.9. The summed E-state index contributed by atoms with van der Waals surface area (Å²) in [4.78, 5) is 45.5. The van der Waals surface area contributed by atoms with E-state index in [1.807, 2.05) is 41.3 Å². The first kappa shape index (κ1) is 23.9. The minimum atomic E-state index is -1.60. The number of nitrogens with zero attached hydrogens (tertiary/aromatic N) is 1. The lowest BCUT2D eigenvalue weighted by Crippen LogP contribution is -2.48. The summed E-state index contributed by atoms with van der Waals surface area (Å²) >= 11 is 3.53. The Morgan fingerprint density at radius 3 is 2.13 bits per heavy atom. The molecule has 7 rings (SSSR count). The molecule has 3 atom stereocenters. The average Bonchev–Trinajstić information content (AvgIpc) is 3.39. The highest BCUT2D eigenvalue weighted by molar-refractivity contribution is 9.10. The van der Waals surface area contributed by atoms with Crippen molar-refractivity contribution in [2.75, 3.05) is 4.90 Å². The molecule has 0 amide bonds. The number of hydrogen-bond donors (Lipinski definition) is 0. The lowest BCUT2D eigenvalue weighted by Gasteiger charge is -2.37. The summed E-state index contributed by atoms with van der Waals surface area (Å²) in [7, 11) is 0. The van der Waals surface area contributed by atoms with E-state index in [9.17, 15) is 18.8 Å². The van der Waals surface area contributed by atoms with Gasteiger partial charge in [-0.2, -0.15) is 0 Å². The van der Waals surface area contributed by atoms with Crippen LogP contribution in [0.15, 0.2) is 108 Å². The van der Waals surface area contributed by atoms with Crippen LogP contribution in [0.3, 0.4) is 0 Å².